The lowest BCUT2D eigenvalue weighted by atomic mass is 9.83. The Balaban J connectivity index is 2.29. The first-order valence-corrected chi connectivity index (χ1v) is 7.24. The van der Waals surface area contributed by atoms with Crippen molar-refractivity contribution in [2.75, 3.05) is 0 Å². The van der Waals surface area contributed by atoms with Crippen molar-refractivity contribution >= 4 is 5.97 Å². The average Bonchev–Trinajstić information content (AvgIpc) is 2.44. The number of carbonyl (C=O) groups is 1. The molecular formula is C18H19NO2. The number of hydrogen-bond acceptors (Lipinski definition) is 2. The van der Waals surface area contributed by atoms with Gasteiger partial charge in [0.2, 0.25) is 0 Å². The van der Waals surface area contributed by atoms with Crippen LogP contribution < -0.4 is 0 Å². The molecule has 1 aromatic carbocycles. The minimum absolute atomic E-state index is 0.296. The molecule has 1 aromatic heterocycles. The van der Waals surface area contributed by atoms with Crippen LogP contribution in [0.15, 0.2) is 30.3 Å². The number of benzene rings is 1. The van der Waals surface area contributed by atoms with Crippen molar-refractivity contribution in [3.05, 3.63) is 52.7 Å². The fraction of sp³-hybridized carbons (Fsp3) is 0.333. The molecule has 1 N–H and O–H groups in total. The van der Waals surface area contributed by atoms with E-state index in [-0.39, 0.29) is 5.41 Å². The normalized spacial score (nSPS) is 13.5. The van der Waals surface area contributed by atoms with Crippen LogP contribution in [0.1, 0.15) is 48.0 Å². The maximum Gasteiger partial charge on any atom is 0.337 e. The summed E-state index contributed by atoms with van der Waals surface area (Å²) >= 11 is 0. The SMILES string of the molecule is CC(C)(C)c1nc2c(cc1C(=O)O)CCc1ccccc1-2. The van der Waals surface area contributed by atoms with Gasteiger partial charge in [-0.2, -0.15) is 0 Å². The van der Waals surface area contributed by atoms with Crippen LogP contribution in [0.25, 0.3) is 11.3 Å². The predicted molar refractivity (Wildman–Crippen MR) is 82.7 cm³/mol. The molecule has 0 saturated carbocycles. The lowest BCUT2D eigenvalue weighted by molar-refractivity contribution is 0.0693. The van der Waals surface area contributed by atoms with Crippen LogP contribution >= 0.6 is 0 Å². The van der Waals surface area contributed by atoms with Crippen molar-refractivity contribution in [3.8, 4) is 11.3 Å². The number of aromatic nitrogens is 1. The molecular weight excluding hydrogens is 262 g/mol. The van der Waals surface area contributed by atoms with Gasteiger partial charge in [0.15, 0.2) is 0 Å². The summed E-state index contributed by atoms with van der Waals surface area (Å²) in [5.41, 5.74) is 5.12. The summed E-state index contributed by atoms with van der Waals surface area (Å²) < 4.78 is 0. The summed E-state index contributed by atoms with van der Waals surface area (Å²) in [5, 5.41) is 9.49. The number of aromatic carboxylic acids is 1. The van der Waals surface area contributed by atoms with E-state index in [1.807, 2.05) is 39.0 Å². The van der Waals surface area contributed by atoms with Gasteiger partial charge in [0.05, 0.1) is 17.0 Å². The molecule has 0 radical (unpaired) electrons. The first kappa shape index (κ1) is 13.8. The maximum atomic E-state index is 11.6. The molecule has 0 aliphatic heterocycles. The first-order chi connectivity index (χ1) is 9.88. The largest absolute Gasteiger partial charge is 0.478 e. The Morgan fingerprint density at radius 3 is 2.48 bits per heavy atom. The second-order valence-corrected chi connectivity index (χ2v) is 6.60. The summed E-state index contributed by atoms with van der Waals surface area (Å²) in [6.45, 7) is 6.01. The zero-order valence-electron chi connectivity index (χ0n) is 12.6. The van der Waals surface area contributed by atoms with Crippen LogP contribution in [0.5, 0.6) is 0 Å². The quantitative estimate of drug-likeness (QED) is 0.864. The Labute approximate surface area is 124 Å². The molecule has 1 heterocycles. The molecule has 3 heteroatoms. The van der Waals surface area contributed by atoms with E-state index < -0.39 is 5.97 Å². The number of fused-ring (bicyclic) bond motifs is 3. The standard InChI is InChI=1S/C18H19NO2/c1-18(2,3)16-14(17(20)21)10-12-9-8-11-6-4-5-7-13(11)15(12)19-16/h4-7,10H,8-9H2,1-3H3,(H,20,21). The smallest absolute Gasteiger partial charge is 0.337 e. The predicted octanol–water partition coefficient (Wildman–Crippen LogP) is 3.84. The number of rotatable bonds is 1. The van der Waals surface area contributed by atoms with Gasteiger partial charge in [-0.15, -0.1) is 0 Å². The van der Waals surface area contributed by atoms with E-state index in [9.17, 15) is 9.90 Å². The summed E-state index contributed by atoms with van der Waals surface area (Å²) in [6, 6.07) is 10.1. The monoisotopic (exact) mass is 281 g/mol. The van der Waals surface area contributed by atoms with Crippen molar-refractivity contribution in [2.24, 2.45) is 0 Å². The van der Waals surface area contributed by atoms with E-state index in [4.69, 9.17) is 4.98 Å². The minimum atomic E-state index is -0.894. The third kappa shape index (κ3) is 2.33. The van der Waals surface area contributed by atoms with E-state index >= 15 is 0 Å². The highest BCUT2D eigenvalue weighted by molar-refractivity contribution is 5.90. The third-order valence-corrected chi connectivity index (χ3v) is 3.98. The summed E-state index contributed by atoms with van der Waals surface area (Å²) in [7, 11) is 0. The van der Waals surface area contributed by atoms with Crippen molar-refractivity contribution in [1.82, 2.24) is 4.98 Å². The van der Waals surface area contributed by atoms with Crippen LogP contribution in [-0.2, 0) is 18.3 Å². The number of nitrogens with zero attached hydrogens (tertiary/aromatic N) is 1. The number of pyridine rings is 1. The minimum Gasteiger partial charge on any atom is -0.478 e. The average molecular weight is 281 g/mol. The van der Waals surface area contributed by atoms with Crippen molar-refractivity contribution in [3.63, 3.8) is 0 Å². The first-order valence-electron chi connectivity index (χ1n) is 7.24. The molecule has 108 valence electrons. The molecule has 3 rings (SSSR count). The third-order valence-electron chi connectivity index (χ3n) is 3.98. The van der Waals surface area contributed by atoms with Crippen molar-refractivity contribution in [1.29, 1.82) is 0 Å². The Morgan fingerprint density at radius 2 is 1.81 bits per heavy atom. The molecule has 3 nitrogen and oxygen atoms in total. The molecule has 0 amide bonds. The Bertz CT molecular complexity index is 726. The van der Waals surface area contributed by atoms with Gasteiger partial charge in [-0.3, -0.25) is 4.98 Å². The van der Waals surface area contributed by atoms with Crippen molar-refractivity contribution in [2.45, 2.75) is 39.0 Å². The molecule has 2 aromatic rings. The topological polar surface area (TPSA) is 50.2 Å². The van der Waals surface area contributed by atoms with Gasteiger partial charge in [-0.1, -0.05) is 45.0 Å². The molecule has 0 fully saturated rings. The van der Waals surface area contributed by atoms with Gasteiger partial charge in [-0.25, -0.2) is 4.79 Å². The highest BCUT2D eigenvalue weighted by atomic mass is 16.4. The van der Waals surface area contributed by atoms with E-state index in [1.54, 1.807) is 0 Å². The fourth-order valence-corrected chi connectivity index (χ4v) is 2.95. The number of carboxylic acid groups (broad SMARTS) is 1. The molecule has 0 spiro atoms. The van der Waals surface area contributed by atoms with E-state index in [1.165, 1.54) is 5.56 Å². The molecule has 0 bridgehead atoms. The zero-order valence-corrected chi connectivity index (χ0v) is 12.6. The van der Waals surface area contributed by atoms with Gasteiger partial charge in [0.25, 0.3) is 0 Å². The Hall–Kier alpha value is -2.16. The number of carboxylic acids is 1. The van der Waals surface area contributed by atoms with E-state index in [0.29, 0.717) is 11.3 Å². The highest BCUT2D eigenvalue weighted by Gasteiger charge is 2.27. The molecule has 1 aliphatic rings. The Kier molecular flexibility index (Phi) is 3.08. The maximum absolute atomic E-state index is 11.6. The van der Waals surface area contributed by atoms with Gasteiger partial charge in [0, 0.05) is 11.0 Å². The number of aryl methyl sites for hydroxylation is 2. The molecule has 0 saturated heterocycles. The second kappa shape index (κ2) is 4.69. The second-order valence-electron chi connectivity index (χ2n) is 6.60. The summed E-state index contributed by atoms with van der Waals surface area (Å²) in [4.78, 5) is 16.3. The highest BCUT2D eigenvalue weighted by Crippen LogP contribution is 2.35. The van der Waals surface area contributed by atoms with E-state index in [2.05, 4.69) is 12.1 Å². The molecule has 0 atom stereocenters. The molecule has 21 heavy (non-hydrogen) atoms. The van der Waals surface area contributed by atoms with Gasteiger partial charge >= 0.3 is 5.97 Å². The van der Waals surface area contributed by atoms with Gasteiger partial charge in [0.1, 0.15) is 0 Å². The number of hydrogen-bond donors (Lipinski definition) is 1. The van der Waals surface area contributed by atoms with Crippen LogP contribution in [0.2, 0.25) is 0 Å². The van der Waals surface area contributed by atoms with Gasteiger partial charge in [-0.05, 0) is 30.0 Å². The lowest BCUT2D eigenvalue weighted by Gasteiger charge is -2.25. The Morgan fingerprint density at radius 1 is 1.14 bits per heavy atom. The summed E-state index contributed by atoms with van der Waals surface area (Å²) in [5.74, 6) is -0.894. The molecule has 1 aliphatic carbocycles. The van der Waals surface area contributed by atoms with Gasteiger partial charge < -0.3 is 5.11 Å². The van der Waals surface area contributed by atoms with Crippen LogP contribution in [0.4, 0.5) is 0 Å². The van der Waals surface area contributed by atoms with Crippen LogP contribution in [-0.4, -0.2) is 16.1 Å². The van der Waals surface area contributed by atoms with Crippen LogP contribution in [0, 0.1) is 0 Å². The van der Waals surface area contributed by atoms with E-state index in [0.717, 1.165) is 29.7 Å². The van der Waals surface area contributed by atoms with Crippen molar-refractivity contribution < 1.29 is 9.90 Å². The zero-order chi connectivity index (χ0) is 15.2. The lowest BCUT2D eigenvalue weighted by Crippen LogP contribution is -2.21. The molecule has 0 unspecified atom stereocenters. The summed E-state index contributed by atoms with van der Waals surface area (Å²) in [6.07, 6.45) is 1.79. The fourth-order valence-electron chi connectivity index (χ4n) is 2.95. The van der Waals surface area contributed by atoms with Crippen LogP contribution in [0.3, 0.4) is 0 Å².